The number of ether oxygens (including phenoxy) is 1. The number of carbonyl (C=O) groups is 1. The molecule has 1 aliphatic rings. The number of hydrogen-bond acceptors (Lipinski definition) is 4. The molecule has 2 heterocycles. The van der Waals surface area contributed by atoms with Crippen LogP contribution in [0.3, 0.4) is 0 Å². The van der Waals surface area contributed by atoms with Gasteiger partial charge in [-0.05, 0) is 25.0 Å². The molecular formula is C20H29N3O3. The molecule has 6 heteroatoms. The molecule has 0 aliphatic carbocycles. The molecule has 0 saturated carbocycles. The van der Waals surface area contributed by atoms with E-state index in [1.54, 1.807) is 0 Å². The molecular weight excluding hydrogens is 330 g/mol. The lowest BCUT2D eigenvalue weighted by atomic mass is 10.0. The number of furan rings is 1. The second-order valence-corrected chi connectivity index (χ2v) is 7.22. The molecule has 2 atom stereocenters. The van der Waals surface area contributed by atoms with E-state index in [0.29, 0.717) is 18.5 Å². The van der Waals surface area contributed by atoms with Gasteiger partial charge in [-0.3, -0.25) is 4.90 Å². The van der Waals surface area contributed by atoms with Crippen molar-refractivity contribution in [1.29, 1.82) is 0 Å². The Bertz CT molecular complexity index is 689. The third-order valence-corrected chi connectivity index (χ3v) is 4.97. The van der Waals surface area contributed by atoms with Crippen molar-refractivity contribution in [1.82, 2.24) is 15.5 Å². The maximum Gasteiger partial charge on any atom is 0.315 e. The van der Waals surface area contributed by atoms with Gasteiger partial charge in [-0.15, -0.1) is 0 Å². The van der Waals surface area contributed by atoms with Crippen molar-refractivity contribution in [2.75, 3.05) is 32.8 Å². The molecule has 142 valence electrons. The number of para-hydroxylation sites is 1. The second-order valence-electron chi connectivity index (χ2n) is 7.22. The Hall–Kier alpha value is -2.05. The van der Waals surface area contributed by atoms with E-state index >= 15 is 0 Å². The van der Waals surface area contributed by atoms with Crippen LogP contribution in [-0.4, -0.2) is 49.8 Å². The maximum atomic E-state index is 12.3. The first-order valence-electron chi connectivity index (χ1n) is 9.39. The Balaban J connectivity index is 1.53. The van der Waals surface area contributed by atoms with E-state index in [-0.39, 0.29) is 12.1 Å². The average molecular weight is 359 g/mol. The van der Waals surface area contributed by atoms with E-state index in [1.807, 2.05) is 37.3 Å². The first-order valence-corrected chi connectivity index (χ1v) is 9.39. The van der Waals surface area contributed by atoms with Gasteiger partial charge in [0.1, 0.15) is 11.3 Å². The van der Waals surface area contributed by atoms with Gasteiger partial charge >= 0.3 is 6.03 Å². The van der Waals surface area contributed by atoms with Crippen LogP contribution in [0.1, 0.15) is 32.6 Å². The van der Waals surface area contributed by atoms with Crippen LogP contribution in [0.15, 0.2) is 34.7 Å². The quantitative estimate of drug-likeness (QED) is 0.831. The standard InChI is InChI=1S/C20H29N3O3/c1-14(2)17(23-8-10-25-11-9-23)13-21-20(24)22-15(3)19-12-16-6-4-5-7-18(16)26-19/h4-7,12,14-15,17H,8-11,13H2,1-3H3,(H2,21,22,24). The van der Waals surface area contributed by atoms with Crippen molar-refractivity contribution < 1.29 is 13.9 Å². The van der Waals surface area contributed by atoms with E-state index in [9.17, 15) is 4.79 Å². The Labute approximate surface area is 154 Å². The lowest BCUT2D eigenvalue weighted by Crippen LogP contribution is -2.52. The highest BCUT2D eigenvalue weighted by atomic mass is 16.5. The molecule has 1 aromatic carbocycles. The third-order valence-electron chi connectivity index (χ3n) is 4.97. The van der Waals surface area contributed by atoms with Crippen LogP contribution in [0, 0.1) is 5.92 Å². The van der Waals surface area contributed by atoms with Crippen LogP contribution < -0.4 is 10.6 Å². The Morgan fingerprint density at radius 2 is 1.92 bits per heavy atom. The molecule has 1 saturated heterocycles. The van der Waals surface area contributed by atoms with Gasteiger partial charge in [-0.1, -0.05) is 32.0 Å². The van der Waals surface area contributed by atoms with Crippen molar-refractivity contribution in [3.63, 3.8) is 0 Å². The number of rotatable bonds is 6. The van der Waals surface area contributed by atoms with Crippen molar-refractivity contribution in [3.8, 4) is 0 Å². The summed E-state index contributed by atoms with van der Waals surface area (Å²) in [6.45, 7) is 10.3. The van der Waals surface area contributed by atoms with Crippen molar-refractivity contribution in [3.05, 3.63) is 36.1 Å². The molecule has 3 rings (SSSR count). The van der Waals surface area contributed by atoms with Crippen LogP contribution in [0.4, 0.5) is 4.79 Å². The summed E-state index contributed by atoms with van der Waals surface area (Å²) in [6, 6.07) is 9.78. The number of morpholine rings is 1. The van der Waals surface area contributed by atoms with Gasteiger partial charge in [0.2, 0.25) is 0 Å². The lowest BCUT2D eigenvalue weighted by molar-refractivity contribution is 0.00718. The largest absolute Gasteiger partial charge is 0.459 e. The van der Waals surface area contributed by atoms with Gasteiger partial charge in [0.25, 0.3) is 0 Å². The molecule has 1 fully saturated rings. The number of fused-ring (bicyclic) bond motifs is 1. The molecule has 2 unspecified atom stereocenters. The van der Waals surface area contributed by atoms with Crippen LogP contribution in [-0.2, 0) is 4.74 Å². The number of nitrogens with zero attached hydrogens (tertiary/aromatic N) is 1. The van der Waals surface area contributed by atoms with E-state index in [4.69, 9.17) is 9.15 Å². The summed E-state index contributed by atoms with van der Waals surface area (Å²) in [6.07, 6.45) is 0. The van der Waals surface area contributed by atoms with Crippen molar-refractivity contribution in [2.45, 2.75) is 32.9 Å². The second kappa shape index (κ2) is 8.56. The Kier molecular flexibility index (Phi) is 6.16. The highest BCUT2D eigenvalue weighted by Gasteiger charge is 2.24. The zero-order chi connectivity index (χ0) is 18.5. The minimum absolute atomic E-state index is 0.170. The first-order chi connectivity index (χ1) is 12.5. The fourth-order valence-corrected chi connectivity index (χ4v) is 3.43. The van der Waals surface area contributed by atoms with Gasteiger partial charge in [0.15, 0.2) is 0 Å². The summed E-state index contributed by atoms with van der Waals surface area (Å²) >= 11 is 0. The fraction of sp³-hybridized carbons (Fsp3) is 0.550. The summed E-state index contributed by atoms with van der Waals surface area (Å²) in [5.41, 5.74) is 0.837. The number of hydrogen-bond donors (Lipinski definition) is 2. The third kappa shape index (κ3) is 4.56. The smallest absolute Gasteiger partial charge is 0.315 e. The average Bonchev–Trinajstić information content (AvgIpc) is 3.07. The summed E-state index contributed by atoms with van der Waals surface area (Å²) in [5, 5.41) is 7.03. The molecule has 26 heavy (non-hydrogen) atoms. The van der Waals surface area contributed by atoms with Crippen LogP contribution >= 0.6 is 0 Å². The Morgan fingerprint density at radius 1 is 1.19 bits per heavy atom. The van der Waals surface area contributed by atoms with E-state index in [0.717, 1.165) is 43.0 Å². The molecule has 2 N–H and O–H groups in total. The highest BCUT2D eigenvalue weighted by Crippen LogP contribution is 2.23. The van der Waals surface area contributed by atoms with Gasteiger partial charge in [0.05, 0.1) is 19.3 Å². The molecule has 0 bridgehead atoms. The lowest BCUT2D eigenvalue weighted by Gasteiger charge is -2.37. The van der Waals surface area contributed by atoms with Crippen molar-refractivity contribution >= 4 is 17.0 Å². The van der Waals surface area contributed by atoms with Gasteiger partial charge in [-0.25, -0.2) is 4.79 Å². The fourth-order valence-electron chi connectivity index (χ4n) is 3.43. The van der Waals surface area contributed by atoms with Crippen LogP contribution in [0.2, 0.25) is 0 Å². The predicted molar refractivity (Wildman–Crippen MR) is 102 cm³/mol. The molecule has 2 amide bonds. The highest BCUT2D eigenvalue weighted by molar-refractivity contribution is 5.78. The monoisotopic (exact) mass is 359 g/mol. The van der Waals surface area contributed by atoms with E-state index < -0.39 is 0 Å². The number of amides is 2. The van der Waals surface area contributed by atoms with E-state index in [1.165, 1.54) is 0 Å². The molecule has 0 spiro atoms. The topological polar surface area (TPSA) is 66.7 Å². The van der Waals surface area contributed by atoms with Gasteiger partial charge in [0, 0.05) is 31.1 Å². The minimum atomic E-state index is -0.191. The zero-order valence-corrected chi connectivity index (χ0v) is 15.8. The molecule has 1 aromatic heterocycles. The zero-order valence-electron chi connectivity index (χ0n) is 15.8. The summed E-state index contributed by atoms with van der Waals surface area (Å²) in [5.74, 6) is 1.22. The Morgan fingerprint density at radius 3 is 2.62 bits per heavy atom. The van der Waals surface area contributed by atoms with Crippen LogP contribution in [0.5, 0.6) is 0 Å². The van der Waals surface area contributed by atoms with Crippen LogP contribution in [0.25, 0.3) is 11.0 Å². The van der Waals surface area contributed by atoms with Gasteiger partial charge < -0.3 is 19.8 Å². The maximum absolute atomic E-state index is 12.3. The predicted octanol–water partition coefficient (Wildman–Crippen LogP) is 3.15. The summed E-state index contributed by atoms with van der Waals surface area (Å²) < 4.78 is 11.3. The summed E-state index contributed by atoms with van der Waals surface area (Å²) in [7, 11) is 0. The number of carbonyl (C=O) groups excluding carboxylic acids is 1. The van der Waals surface area contributed by atoms with Gasteiger partial charge in [-0.2, -0.15) is 0 Å². The molecule has 1 aliphatic heterocycles. The summed E-state index contributed by atoms with van der Waals surface area (Å²) in [4.78, 5) is 14.7. The number of urea groups is 1. The SMILES string of the molecule is CC(NC(=O)NCC(C(C)C)N1CCOCC1)c1cc2ccccc2o1. The normalized spacial score (nSPS) is 18.0. The minimum Gasteiger partial charge on any atom is -0.459 e. The number of benzene rings is 1. The first kappa shape index (κ1) is 18.7. The van der Waals surface area contributed by atoms with Crippen molar-refractivity contribution in [2.24, 2.45) is 5.92 Å². The number of nitrogens with one attached hydrogen (secondary N) is 2. The molecule has 6 nitrogen and oxygen atoms in total. The van der Waals surface area contributed by atoms with E-state index in [2.05, 4.69) is 29.4 Å². The molecule has 2 aromatic rings. The molecule has 0 radical (unpaired) electrons.